The number of Topliss-reactive ketones (excluding diaryl/α,β-unsaturated/α-hetero) is 1. The molecule has 2 rings (SSSR count). The first-order valence-corrected chi connectivity index (χ1v) is 11.9. The van der Waals surface area contributed by atoms with Crippen LogP contribution in [0.5, 0.6) is 23.0 Å². The van der Waals surface area contributed by atoms with Gasteiger partial charge in [0, 0.05) is 17.8 Å². The Morgan fingerprint density at radius 3 is 1.97 bits per heavy atom. The highest BCUT2D eigenvalue weighted by molar-refractivity contribution is 6.39. The lowest BCUT2D eigenvalue weighted by Crippen LogP contribution is -2.36. The van der Waals surface area contributed by atoms with Crippen molar-refractivity contribution in [3.8, 4) is 23.0 Å². The molecule has 0 spiro atoms. The van der Waals surface area contributed by atoms with Gasteiger partial charge in [0.1, 0.15) is 22.2 Å². The Balaban J connectivity index is 2.40. The maximum atomic E-state index is 13.1. The van der Waals surface area contributed by atoms with Gasteiger partial charge in [-0.3, -0.25) is 9.59 Å². The second kappa shape index (κ2) is 13.7. The van der Waals surface area contributed by atoms with Crippen LogP contribution in [0.15, 0.2) is 40.6 Å². The summed E-state index contributed by atoms with van der Waals surface area (Å²) in [6, 6.07) is 6.50. The van der Waals surface area contributed by atoms with E-state index in [1.165, 1.54) is 6.92 Å². The van der Waals surface area contributed by atoms with Gasteiger partial charge in [-0.25, -0.2) is 4.42 Å². The number of carbonyl (C=O) groups excluding carboxylic acids is 2. The van der Waals surface area contributed by atoms with E-state index in [-0.39, 0.29) is 16.4 Å². The largest absolute Gasteiger partial charge is 0.492 e. The van der Waals surface area contributed by atoms with E-state index < -0.39 is 17.7 Å². The highest BCUT2D eigenvalue weighted by Crippen LogP contribution is 2.42. The number of hydrogen-bond acceptors (Lipinski definition) is 8. The number of halogens is 2. The van der Waals surface area contributed by atoms with Gasteiger partial charge in [-0.05, 0) is 58.9 Å². The van der Waals surface area contributed by atoms with Crippen molar-refractivity contribution in [2.75, 3.05) is 30.8 Å². The fraction of sp³-hybridized carbons (Fsp3) is 0.417. The average molecular weight is 526 g/mol. The SMILES string of the molecule is CCOc1ccc(N(Cl)C(=O)C(N=Nc2c(OCC)ccc(OCC)c2Cl)C(C)=O)cc1OCC. The molecule has 0 heterocycles. The molecule has 0 N–H and O–H groups in total. The van der Waals surface area contributed by atoms with Gasteiger partial charge in [0.25, 0.3) is 5.91 Å². The molecule has 9 nitrogen and oxygen atoms in total. The number of carbonyl (C=O) groups is 2. The van der Waals surface area contributed by atoms with Crippen molar-refractivity contribution in [2.24, 2.45) is 10.2 Å². The summed E-state index contributed by atoms with van der Waals surface area (Å²) in [5, 5.41) is 8.21. The van der Waals surface area contributed by atoms with Gasteiger partial charge in [-0.15, -0.1) is 5.11 Å². The number of ether oxygens (including phenoxy) is 4. The zero-order valence-corrected chi connectivity index (χ0v) is 21.9. The molecular formula is C24H29Cl2N3O6. The predicted octanol–water partition coefficient (Wildman–Crippen LogP) is 6.16. The molecule has 0 bridgehead atoms. The molecule has 1 unspecified atom stereocenters. The molecule has 35 heavy (non-hydrogen) atoms. The lowest BCUT2D eigenvalue weighted by molar-refractivity contribution is -0.126. The Labute approximate surface area is 215 Å². The lowest BCUT2D eigenvalue weighted by atomic mass is 10.2. The van der Waals surface area contributed by atoms with Gasteiger partial charge in [-0.2, -0.15) is 5.11 Å². The van der Waals surface area contributed by atoms with Crippen molar-refractivity contribution in [1.82, 2.24) is 0 Å². The fourth-order valence-corrected chi connectivity index (χ4v) is 3.42. The monoisotopic (exact) mass is 525 g/mol. The van der Waals surface area contributed by atoms with Crippen molar-refractivity contribution in [2.45, 2.75) is 40.7 Å². The zero-order chi connectivity index (χ0) is 26.0. The molecule has 1 atom stereocenters. The molecule has 11 heteroatoms. The van der Waals surface area contributed by atoms with Crippen molar-refractivity contribution in [1.29, 1.82) is 0 Å². The molecule has 0 fully saturated rings. The number of benzene rings is 2. The van der Waals surface area contributed by atoms with Crippen LogP contribution < -0.4 is 23.4 Å². The van der Waals surface area contributed by atoms with Gasteiger partial charge >= 0.3 is 0 Å². The van der Waals surface area contributed by atoms with Gasteiger partial charge in [-0.1, -0.05) is 11.6 Å². The minimum atomic E-state index is -1.52. The van der Waals surface area contributed by atoms with Crippen molar-refractivity contribution in [3.05, 3.63) is 35.4 Å². The predicted molar refractivity (Wildman–Crippen MR) is 135 cm³/mol. The lowest BCUT2D eigenvalue weighted by Gasteiger charge is -2.19. The van der Waals surface area contributed by atoms with Gasteiger partial charge in [0.2, 0.25) is 6.04 Å². The van der Waals surface area contributed by atoms with E-state index in [2.05, 4.69) is 10.2 Å². The number of azo groups is 1. The Hall–Kier alpha value is -3.04. The van der Waals surface area contributed by atoms with E-state index >= 15 is 0 Å². The second-order valence-electron chi connectivity index (χ2n) is 6.94. The normalized spacial score (nSPS) is 11.7. The highest BCUT2D eigenvalue weighted by Gasteiger charge is 2.30. The van der Waals surface area contributed by atoms with E-state index in [0.717, 1.165) is 4.42 Å². The molecule has 190 valence electrons. The molecule has 2 aromatic carbocycles. The number of nitrogens with zero attached hydrogens (tertiary/aromatic N) is 3. The van der Waals surface area contributed by atoms with Crippen LogP contribution in [0.2, 0.25) is 5.02 Å². The number of hydrogen-bond donors (Lipinski definition) is 0. The number of anilines is 1. The highest BCUT2D eigenvalue weighted by atomic mass is 35.5. The first kappa shape index (κ1) is 28.2. The van der Waals surface area contributed by atoms with Gasteiger partial charge in [0.15, 0.2) is 17.3 Å². The van der Waals surface area contributed by atoms with E-state index in [1.807, 2.05) is 20.8 Å². The van der Waals surface area contributed by atoms with Crippen LogP contribution in [0.3, 0.4) is 0 Å². The molecule has 2 aromatic rings. The van der Waals surface area contributed by atoms with Crippen LogP contribution >= 0.6 is 23.4 Å². The van der Waals surface area contributed by atoms with Crippen LogP contribution in [0.25, 0.3) is 0 Å². The molecule has 0 aliphatic rings. The maximum Gasteiger partial charge on any atom is 0.276 e. The molecule has 0 aromatic heterocycles. The molecule has 0 aliphatic carbocycles. The summed E-state index contributed by atoms with van der Waals surface area (Å²) in [5.41, 5.74) is 0.413. The van der Waals surface area contributed by atoms with Crippen LogP contribution in [-0.2, 0) is 9.59 Å². The summed E-state index contributed by atoms with van der Waals surface area (Å²) in [5.74, 6) is 0.252. The molecule has 1 amide bonds. The Kier molecular flexibility index (Phi) is 11.1. The fourth-order valence-electron chi connectivity index (χ4n) is 2.98. The second-order valence-corrected chi connectivity index (χ2v) is 7.65. The quantitative estimate of drug-likeness (QED) is 0.176. The average Bonchev–Trinajstić information content (AvgIpc) is 2.83. The Morgan fingerprint density at radius 2 is 1.37 bits per heavy atom. The third kappa shape index (κ3) is 7.22. The molecule has 0 radical (unpaired) electrons. The number of rotatable bonds is 13. The first-order chi connectivity index (χ1) is 16.8. The third-order valence-corrected chi connectivity index (χ3v) is 5.21. The standard InChI is InChI=1S/C24H29Cl2N3O6/c1-6-32-17-11-10-16(14-20(17)35-9-4)29(26)24(31)22(15(5)30)27-28-23-19(34-8-3)13-12-18(21(23)25)33-7-2/h10-14,22H,6-9H2,1-5H3. The van der Waals surface area contributed by atoms with Crippen LogP contribution in [0.4, 0.5) is 11.4 Å². The third-order valence-electron chi connectivity index (χ3n) is 4.48. The molecular weight excluding hydrogens is 497 g/mol. The van der Waals surface area contributed by atoms with Crippen molar-refractivity contribution in [3.63, 3.8) is 0 Å². The summed E-state index contributed by atoms with van der Waals surface area (Å²) < 4.78 is 23.0. The smallest absolute Gasteiger partial charge is 0.276 e. The van der Waals surface area contributed by atoms with Crippen LogP contribution in [0.1, 0.15) is 34.6 Å². The maximum absolute atomic E-state index is 13.1. The number of ketones is 1. The van der Waals surface area contributed by atoms with Crippen LogP contribution in [0, 0.1) is 0 Å². The van der Waals surface area contributed by atoms with E-state index in [1.54, 1.807) is 37.3 Å². The summed E-state index contributed by atoms with van der Waals surface area (Å²) in [7, 11) is 0. The minimum Gasteiger partial charge on any atom is -0.492 e. The van der Waals surface area contributed by atoms with Crippen LogP contribution in [-0.4, -0.2) is 44.2 Å². The first-order valence-electron chi connectivity index (χ1n) is 11.2. The number of amides is 1. The van der Waals surface area contributed by atoms with E-state index in [4.69, 9.17) is 42.3 Å². The summed E-state index contributed by atoms with van der Waals surface area (Å²) in [6.45, 7) is 10.0. The van der Waals surface area contributed by atoms with Crippen molar-refractivity contribution < 1.29 is 28.5 Å². The van der Waals surface area contributed by atoms with Gasteiger partial charge in [0.05, 0.1) is 32.1 Å². The molecule has 0 aliphatic heterocycles. The van der Waals surface area contributed by atoms with Gasteiger partial charge < -0.3 is 18.9 Å². The summed E-state index contributed by atoms with van der Waals surface area (Å²) in [4.78, 5) is 25.4. The topological polar surface area (TPSA) is 99.0 Å². The summed E-state index contributed by atoms with van der Waals surface area (Å²) >= 11 is 12.7. The molecule has 0 saturated heterocycles. The molecule has 0 saturated carbocycles. The summed E-state index contributed by atoms with van der Waals surface area (Å²) in [6.07, 6.45) is 0. The Morgan fingerprint density at radius 1 is 0.857 bits per heavy atom. The minimum absolute atomic E-state index is 0.138. The zero-order valence-electron chi connectivity index (χ0n) is 20.3. The van der Waals surface area contributed by atoms with Crippen molar-refractivity contribution >= 4 is 46.4 Å². The van der Waals surface area contributed by atoms with E-state index in [0.29, 0.717) is 49.4 Å². The Bertz CT molecular complexity index is 1060. The van der Waals surface area contributed by atoms with E-state index in [9.17, 15) is 9.59 Å².